The Balaban J connectivity index is 2.14. The Hall–Kier alpha value is -1.23. The third-order valence-electron chi connectivity index (χ3n) is 2.96. The molecule has 0 aliphatic rings. The van der Waals surface area contributed by atoms with Crippen LogP contribution in [0.15, 0.2) is 24.3 Å². The van der Waals surface area contributed by atoms with Crippen LogP contribution in [0.25, 0.3) is 0 Å². The predicted octanol–water partition coefficient (Wildman–Crippen LogP) is 4.44. The minimum Gasteiger partial charge on any atom is -0.398 e. The summed E-state index contributed by atoms with van der Waals surface area (Å²) in [6, 6.07) is 6.69. The molecule has 0 aliphatic heterocycles. The molecule has 1 aromatic heterocycles. The van der Waals surface area contributed by atoms with E-state index in [0.717, 1.165) is 10.4 Å². The van der Waals surface area contributed by atoms with Crippen LogP contribution in [0.2, 0.25) is 10.0 Å². The van der Waals surface area contributed by atoms with Gasteiger partial charge in [-0.2, -0.15) is 0 Å². The van der Waals surface area contributed by atoms with Gasteiger partial charge >= 0.3 is 0 Å². The van der Waals surface area contributed by atoms with Gasteiger partial charge in [-0.1, -0.05) is 29.3 Å². The Labute approximate surface area is 131 Å². The van der Waals surface area contributed by atoms with E-state index < -0.39 is 0 Å². The lowest BCUT2D eigenvalue weighted by atomic mass is 10.1. The van der Waals surface area contributed by atoms with Crippen LogP contribution in [-0.4, -0.2) is 5.91 Å². The van der Waals surface area contributed by atoms with Gasteiger partial charge < -0.3 is 11.1 Å². The first-order chi connectivity index (χ1) is 9.38. The minimum atomic E-state index is -0.212. The van der Waals surface area contributed by atoms with Crippen molar-refractivity contribution in [3.8, 4) is 0 Å². The second kappa shape index (κ2) is 6.04. The van der Waals surface area contributed by atoms with Gasteiger partial charge in [0.15, 0.2) is 0 Å². The molecule has 3 N–H and O–H groups in total. The van der Waals surface area contributed by atoms with Gasteiger partial charge in [-0.05, 0) is 37.6 Å². The Kier molecular flexibility index (Phi) is 4.58. The van der Waals surface area contributed by atoms with Crippen molar-refractivity contribution in [3.63, 3.8) is 0 Å². The zero-order chi connectivity index (χ0) is 14.9. The topological polar surface area (TPSA) is 55.1 Å². The lowest BCUT2D eigenvalue weighted by molar-refractivity contribution is 0.0944. The molecule has 2 rings (SSSR count). The maximum absolute atomic E-state index is 12.1. The lowest BCUT2D eigenvalue weighted by Gasteiger charge is -2.15. The van der Waals surface area contributed by atoms with Crippen LogP contribution in [0.1, 0.15) is 33.1 Å². The van der Waals surface area contributed by atoms with Gasteiger partial charge in [0.05, 0.1) is 10.9 Å². The summed E-state index contributed by atoms with van der Waals surface area (Å²) in [6.45, 7) is 3.76. The number of benzene rings is 1. The highest BCUT2D eigenvalue weighted by Gasteiger charge is 2.16. The van der Waals surface area contributed by atoms with Crippen molar-refractivity contribution < 1.29 is 4.79 Å². The van der Waals surface area contributed by atoms with E-state index in [4.69, 9.17) is 28.9 Å². The van der Waals surface area contributed by atoms with Crippen molar-refractivity contribution in [2.24, 2.45) is 0 Å². The molecule has 0 radical (unpaired) electrons. The lowest BCUT2D eigenvalue weighted by Crippen LogP contribution is -2.26. The van der Waals surface area contributed by atoms with Crippen LogP contribution in [0.3, 0.4) is 0 Å². The number of nitrogens with two attached hydrogens (primary N) is 1. The molecule has 1 aromatic carbocycles. The molecule has 0 bridgehead atoms. The molecule has 0 spiro atoms. The molecule has 1 amide bonds. The van der Waals surface area contributed by atoms with Crippen LogP contribution >= 0.6 is 34.5 Å². The van der Waals surface area contributed by atoms with E-state index in [9.17, 15) is 4.79 Å². The Morgan fingerprint density at radius 3 is 2.60 bits per heavy atom. The number of thiophene rings is 1. The summed E-state index contributed by atoms with van der Waals surface area (Å²) in [5.74, 6) is -0.159. The first-order valence-corrected chi connectivity index (χ1v) is 7.57. The SMILES string of the molecule is Cc1sc(C(=O)NC(C)c2ccc(Cl)cc2Cl)cc1N. The van der Waals surface area contributed by atoms with Crippen LogP contribution in [0.5, 0.6) is 0 Å². The number of carbonyl (C=O) groups is 1. The molecule has 0 fully saturated rings. The standard InChI is InChI=1S/C14H14Cl2N2OS/c1-7(10-4-3-9(15)5-11(10)16)18-14(19)13-6-12(17)8(2)20-13/h3-7H,17H2,1-2H3,(H,18,19). The van der Waals surface area contributed by atoms with E-state index in [0.29, 0.717) is 20.6 Å². The van der Waals surface area contributed by atoms with Crippen LogP contribution in [-0.2, 0) is 0 Å². The second-order valence-corrected chi connectivity index (χ2v) is 6.58. The van der Waals surface area contributed by atoms with E-state index >= 15 is 0 Å². The number of hydrogen-bond donors (Lipinski definition) is 2. The third-order valence-corrected chi connectivity index (χ3v) is 4.58. The highest BCUT2D eigenvalue weighted by molar-refractivity contribution is 7.14. The number of halogens is 2. The number of anilines is 1. The van der Waals surface area contributed by atoms with Gasteiger partial charge in [0.25, 0.3) is 5.91 Å². The summed E-state index contributed by atoms with van der Waals surface area (Å²) >= 11 is 13.4. The van der Waals surface area contributed by atoms with E-state index in [2.05, 4.69) is 5.32 Å². The molecular weight excluding hydrogens is 315 g/mol. The molecule has 1 atom stereocenters. The number of carbonyl (C=O) groups excluding carboxylic acids is 1. The fourth-order valence-corrected chi connectivity index (χ4v) is 3.22. The van der Waals surface area contributed by atoms with Gasteiger partial charge in [-0.3, -0.25) is 4.79 Å². The van der Waals surface area contributed by atoms with Crippen LogP contribution in [0, 0.1) is 6.92 Å². The van der Waals surface area contributed by atoms with Gasteiger partial charge in [-0.15, -0.1) is 11.3 Å². The van der Waals surface area contributed by atoms with Gasteiger partial charge in [-0.25, -0.2) is 0 Å². The normalized spacial score (nSPS) is 12.2. The Morgan fingerprint density at radius 1 is 1.35 bits per heavy atom. The van der Waals surface area contributed by atoms with Crippen molar-refractivity contribution in [3.05, 3.63) is 49.6 Å². The van der Waals surface area contributed by atoms with Crippen LogP contribution in [0.4, 0.5) is 5.69 Å². The Bertz CT molecular complexity index is 635. The molecule has 106 valence electrons. The quantitative estimate of drug-likeness (QED) is 0.875. The number of hydrogen-bond acceptors (Lipinski definition) is 3. The molecule has 1 unspecified atom stereocenters. The first-order valence-electron chi connectivity index (χ1n) is 6.00. The molecular formula is C14H14Cl2N2OS. The Morgan fingerprint density at radius 2 is 2.05 bits per heavy atom. The summed E-state index contributed by atoms with van der Waals surface area (Å²) in [7, 11) is 0. The zero-order valence-corrected chi connectivity index (χ0v) is 13.4. The molecule has 0 saturated heterocycles. The summed E-state index contributed by atoms with van der Waals surface area (Å²) in [5.41, 5.74) is 7.22. The highest BCUT2D eigenvalue weighted by Crippen LogP contribution is 2.27. The molecule has 3 nitrogen and oxygen atoms in total. The second-order valence-electron chi connectivity index (χ2n) is 4.48. The van der Waals surface area contributed by atoms with Gasteiger partial charge in [0.2, 0.25) is 0 Å². The largest absolute Gasteiger partial charge is 0.398 e. The smallest absolute Gasteiger partial charge is 0.261 e. The third kappa shape index (κ3) is 3.26. The van der Waals surface area contributed by atoms with Crippen LogP contribution < -0.4 is 11.1 Å². The van der Waals surface area contributed by atoms with Crippen molar-refractivity contribution >= 4 is 46.1 Å². The molecule has 2 aromatic rings. The average Bonchev–Trinajstić information content (AvgIpc) is 2.69. The summed E-state index contributed by atoms with van der Waals surface area (Å²) in [5, 5.41) is 4.00. The predicted molar refractivity (Wildman–Crippen MR) is 85.8 cm³/mol. The number of nitrogen functional groups attached to an aromatic ring is 1. The molecule has 6 heteroatoms. The fraction of sp³-hybridized carbons (Fsp3) is 0.214. The minimum absolute atomic E-state index is 0.159. The number of amides is 1. The van der Waals surface area contributed by atoms with Crippen molar-refractivity contribution in [2.45, 2.75) is 19.9 Å². The first kappa shape index (κ1) is 15.2. The number of nitrogens with one attached hydrogen (secondary N) is 1. The summed E-state index contributed by atoms with van der Waals surface area (Å²) in [4.78, 5) is 13.7. The fourth-order valence-electron chi connectivity index (χ4n) is 1.81. The van der Waals surface area contributed by atoms with E-state index in [-0.39, 0.29) is 11.9 Å². The molecule has 0 aliphatic carbocycles. The van der Waals surface area contributed by atoms with Crippen molar-refractivity contribution in [1.82, 2.24) is 5.32 Å². The van der Waals surface area contributed by atoms with Crippen molar-refractivity contribution in [2.75, 3.05) is 5.73 Å². The number of aryl methyl sites for hydroxylation is 1. The van der Waals surface area contributed by atoms with Gasteiger partial charge in [0, 0.05) is 20.6 Å². The average molecular weight is 329 g/mol. The van der Waals surface area contributed by atoms with E-state index in [1.54, 1.807) is 18.2 Å². The number of rotatable bonds is 3. The van der Waals surface area contributed by atoms with E-state index in [1.165, 1.54) is 11.3 Å². The molecule has 20 heavy (non-hydrogen) atoms. The maximum Gasteiger partial charge on any atom is 0.261 e. The summed E-state index contributed by atoms with van der Waals surface area (Å²) in [6.07, 6.45) is 0. The molecule has 1 heterocycles. The monoisotopic (exact) mass is 328 g/mol. The molecule has 0 saturated carbocycles. The van der Waals surface area contributed by atoms with Gasteiger partial charge in [0.1, 0.15) is 0 Å². The van der Waals surface area contributed by atoms with E-state index in [1.807, 2.05) is 19.9 Å². The zero-order valence-electron chi connectivity index (χ0n) is 11.0. The highest BCUT2D eigenvalue weighted by atomic mass is 35.5. The van der Waals surface area contributed by atoms with Crippen molar-refractivity contribution in [1.29, 1.82) is 0 Å². The summed E-state index contributed by atoms with van der Waals surface area (Å²) < 4.78 is 0. The maximum atomic E-state index is 12.1.